The molecule has 0 N–H and O–H groups in total. The third-order valence-electron chi connectivity index (χ3n) is 0. The zero-order chi connectivity index (χ0) is 4.50. The fourth-order valence-corrected chi connectivity index (χ4v) is 0. The smallest absolute Gasteiger partial charge is 0.894 e. The van der Waals surface area contributed by atoms with Crippen LogP contribution in [0, 0.1) is 0 Å². The van der Waals surface area contributed by atoms with Gasteiger partial charge in [0.15, 0.2) is 0 Å². The first-order chi connectivity index (χ1) is 2.00. The maximum atomic E-state index is 8.58. The van der Waals surface area contributed by atoms with Crippen LogP contribution in [-0.2, 0) is 17.1 Å². The van der Waals surface area contributed by atoms with Gasteiger partial charge in [0.2, 0.25) is 0 Å². The molecule has 0 aromatic carbocycles. The minimum Gasteiger partial charge on any atom is -0.894 e. The van der Waals surface area contributed by atoms with Gasteiger partial charge in [-0.1, -0.05) is 0 Å². The van der Waals surface area contributed by atoms with E-state index >= 15 is 0 Å². The van der Waals surface area contributed by atoms with Crippen LogP contribution in [0.5, 0.6) is 0 Å². The molecular weight excluding hydrogens is 171 g/mol. The Morgan fingerprint density at radius 3 is 0.857 bits per heavy atom. The molecule has 1 radical (unpaired) electrons. The Balaban J connectivity index is -0.0000000800. The van der Waals surface area contributed by atoms with Crippen LogP contribution >= 0.6 is 0 Å². The second-order valence-electron chi connectivity index (χ2n) is 0.500. The van der Waals surface area contributed by atoms with Gasteiger partial charge >= 0.3 is 40.1 Å². The van der Waals surface area contributed by atoms with Crippen molar-refractivity contribution in [2.24, 2.45) is 0 Å². The fourth-order valence-electron chi connectivity index (χ4n) is 0. The van der Waals surface area contributed by atoms with E-state index in [9.17, 15) is 0 Å². The van der Waals surface area contributed by atoms with Crippen molar-refractivity contribution in [1.29, 1.82) is 0 Å². The molecule has 0 aromatic rings. The van der Waals surface area contributed by atoms with Crippen molar-refractivity contribution in [3.8, 4) is 0 Å². The molecule has 0 aliphatic heterocycles. The van der Waals surface area contributed by atoms with E-state index in [1.807, 2.05) is 0 Å². The van der Waals surface area contributed by atoms with E-state index in [4.69, 9.17) is 19.2 Å². The molecule has 4 nitrogen and oxygen atoms in total. The van der Waals surface area contributed by atoms with Crippen LogP contribution < -0.4 is 19.2 Å². The number of hydrogen-bond donors (Lipinski definition) is 0. The van der Waals surface area contributed by atoms with Gasteiger partial charge in [-0.3, -0.25) is 0 Å². The summed E-state index contributed by atoms with van der Waals surface area (Å²) < 4.78 is 0. The van der Waals surface area contributed by atoms with Crippen LogP contribution in [0.4, 0.5) is 0 Å². The fraction of sp³-hybridized carbons (Fsp3) is 0. The summed E-state index contributed by atoms with van der Waals surface area (Å²) in [6.07, 6.45) is 0. The Hall–Kier alpha value is 1.34. The van der Waals surface area contributed by atoms with Crippen LogP contribution in [0.2, 0.25) is 0 Å². The van der Waals surface area contributed by atoms with Crippen LogP contribution in [0.25, 0.3) is 0 Å². The summed E-state index contributed by atoms with van der Waals surface area (Å²) >= 11 is 0. The van der Waals surface area contributed by atoms with E-state index in [0.717, 1.165) is 0 Å². The summed E-state index contributed by atoms with van der Waals surface area (Å²) in [7, 11) is -5.61. The van der Waals surface area contributed by atoms with Gasteiger partial charge in [-0.25, -0.2) is 0 Å². The van der Waals surface area contributed by atoms with Crippen molar-refractivity contribution >= 4 is 32.1 Å². The standard InChI is InChI=1S/Mg.Mn.O4Si/c;;1-5(2,3)4/q2*+2;-4. The third-order valence-corrected chi connectivity index (χ3v) is 0. The maximum absolute atomic E-state index is 8.58. The van der Waals surface area contributed by atoms with Gasteiger partial charge in [0.05, 0.1) is 0 Å². The van der Waals surface area contributed by atoms with Crippen molar-refractivity contribution in [2.75, 3.05) is 0 Å². The SMILES string of the molecule is [Mg+2].[Mn+2].[O-][Si]([O-])([O-])[O-]. The second-order valence-corrected chi connectivity index (χ2v) is 1.50. The summed E-state index contributed by atoms with van der Waals surface area (Å²) in [5.74, 6) is 0. The molecule has 0 fully saturated rings. The Morgan fingerprint density at radius 2 is 0.857 bits per heavy atom. The van der Waals surface area contributed by atoms with Gasteiger partial charge in [-0.05, 0) is 0 Å². The molecule has 37 valence electrons. The average Bonchev–Trinajstić information content (AvgIpc) is 0.722. The number of rotatable bonds is 0. The molecule has 0 saturated heterocycles. The van der Waals surface area contributed by atoms with Crippen molar-refractivity contribution in [2.45, 2.75) is 0 Å². The predicted molar refractivity (Wildman–Crippen MR) is 11.5 cm³/mol. The molecular formula is MgMnO4Si. The molecule has 7 heavy (non-hydrogen) atoms. The van der Waals surface area contributed by atoms with Crippen molar-refractivity contribution in [3.63, 3.8) is 0 Å². The molecule has 0 rings (SSSR count). The quantitative estimate of drug-likeness (QED) is 0.340. The second kappa shape index (κ2) is 5.48. The van der Waals surface area contributed by atoms with Crippen molar-refractivity contribution < 1.29 is 36.3 Å². The zero-order valence-corrected chi connectivity index (χ0v) is 6.81. The van der Waals surface area contributed by atoms with Crippen LogP contribution in [0.15, 0.2) is 0 Å². The molecule has 0 heterocycles. The van der Waals surface area contributed by atoms with Gasteiger partial charge in [0.1, 0.15) is 0 Å². The third kappa shape index (κ3) is 116. The number of hydrogen-bond acceptors (Lipinski definition) is 4. The normalized spacial score (nSPS) is 8.57. The molecule has 0 aliphatic rings. The van der Waals surface area contributed by atoms with Crippen molar-refractivity contribution in [1.82, 2.24) is 0 Å². The van der Waals surface area contributed by atoms with E-state index in [-0.39, 0.29) is 40.1 Å². The van der Waals surface area contributed by atoms with Gasteiger partial charge in [0, 0.05) is 0 Å². The molecule has 0 bridgehead atoms. The van der Waals surface area contributed by atoms with Crippen LogP contribution in [-0.4, -0.2) is 32.1 Å². The summed E-state index contributed by atoms with van der Waals surface area (Å²) in [6, 6.07) is 0. The molecule has 0 aliphatic carbocycles. The predicted octanol–water partition coefficient (Wildman–Crippen LogP) is -5.52. The molecule has 0 aromatic heterocycles. The topological polar surface area (TPSA) is 92.2 Å². The van der Waals surface area contributed by atoms with E-state index < -0.39 is 9.05 Å². The van der Waals surface area contributed by atoms with Crippen molar-refractivity contribution in [3.05, 3.63) is 0 Å². The Bertz CT molecular complexity index is 27.2. The summed E-state index contributed by atoms with van der Waals surface area (Å²) in [6.45, 7) is 0. The van der Waals surface area contributed by atoms with Gasteiger partial charge in [-0.2, -0.15) is 0 Å². The van der Waals surface area contributed by atoms with Crippen LogP contribution in [0.3, 0.4) is 0 Å². The molecule has 7 heteroatoms. The molecule has 0 saturated carbocycles. The Kier molecular flexibility index (Phi) is 12.3. The molecule has 0 spiro atoms. The first kappa shape index (κ1) is 15.8. The largest absolute Gasteiger partial charge is 2.00 e. The first-order valence-electron chi connectivity index (χ1n) is 0.816. The zero-order valence-electron chi connectivity index (χ0n) is 3.22. The van der Waals surface area contributed by atoms with Crippen LogP contribution in [0.1, 0.15) is 0 Å². The van der Waals surface area contributed by atoms with E-state index in [1.54, 1.807) is 0 Å². The summed E-state index contributed by atoms with van der Waals surface area (Å²) in [5.41, 5.74) is 0. The Morgan fingerprint density at radius 1 is 0.857 bits per heavy atom. The molecule has 0 atom stereocenters. The average molecular weight is 171 g/mol. The molecule has 0 amide bonds. The van der Waals surface area contributed by atoms with E-state index in [0.29, 0.717) is 0 Å². The van der Waals surface area contributed by atoms with Gasteiger partial charge in [-0.15, -0.1) is 0 Å². The van der Waals surface area contributed by atoms with Gasteiger partial charge < -0.3 is 28.2 Å². The monoisotopic (exact) mass is 171 g/mol. The maximum Gasteiger partial charge on any atom is 2.00 e. The Labute approximate surface area is 68.3 Å². The minimum atomic E-state index is -5.61. The first-order valence-corrected chi connectivity index (χ1v) is 2.45. The summed E-state index contributed by atoms with van der Waals surface area (Å²) in [4.78, 5) is 34.3. The van der Waals surface area contributed by atoms with Gasteiger partial charge in [0.25, 0.3) is 0 Å². The van der Waals surface area contributed by atoms with E-state index in [2.05, 4.69) is 0 Å². The summed E-state index contributed by atoms with van der Waals surface area (Å²) in [5, 5.41) is 0. The minimum absolute atomic E-state index is 0. The van der Waals surface area contributed by atoms with E-state index in [1.165, 1.54) is 0 Å². The molecule has 0 unspecified atom stereocenters.